The standard InChI is InChI=1S/C13H27N3O3/c1-4-5-10-19-11-6-8-15-13(14-2)16-9-7-12(17)18-3/h4-11H2,1-3H3,(H2,14,15,16). The van der Waals surface area contributed by atoms with E-state index in [1.54, 1.807) is 7.05 Å². The number of rotatable bonds is 10. The van der Waals surface area contributed by atoms with Crippen molar-refractivity contribution in [1.29, 1.82) is 0 Å². The van der Waals surface area contributed by atoms with Gasteiger partial charge in [-0.15, -0.1) is 0 Å². The molecule has 6 nitrogen and oxygen atoms in total. The SMILES string of the molecule is CCCCOCCCNC(=NC)NCCC(=O)OC. The van der Waals surface area contributed by atoms with Crippen LogP contribution in [0.4, 0.5) is 0 Å². The minimum absolute atomic E-state index is 0.229. The Morgan fingerprint density at radius 2 is 1.84 bits per heavy atom. The fourth-order valence-corrected chi connectivity index (χ4v) is 1.34. The molecule has 2 N–H and O–H groups in total. The summed E-state index contributed by atoms with van der Waals surface area (Å²) in [5, 5.41) is 6.20. The van der Waals surface area contributed by atoms with E-state index in [9.17, 15) is 4.79 Å². The Labute approximate surface area is 116 Å². The minimum atomic E-state index is -0.229. The van der Waals surface area contributed by atoms with Crippen LogP contribution in [0.3, 0.4) is 0 Å². The molecule has 0 unspecified atom stereocenters. The van der Waals surface area contributed by atoms with Gasteiger partial charge in [0, 0.05) is 33.4 Å². The molecule has 0 heterocycles. The summed E-state index contributed by atoms with van der Waals surface area (Å²) in [5.41, 5.74) is 0. The van der Waals surface area contributed by atoms with E-state index in [0.29, 0.717) is 18.9 Å². The highest BCUT2D eigenvalue weighted by atomic mass is 16.5. The van der Waals surface area contributed by atoms with Crippen molar-refractivity contribution < 1.29 is 14.3 Å². The summed E-state index contributed by atoms with van der Waals surface area (Å²) in [7, 11) is 3.08. The average molecular weight is 273 g/mol. The Hall–Kier alpha value is -1.30. The average Bonchev–Trinajstić information content (AvgIpc) is 2.44. The lowest BCUT2D eigenvalue weighted by atomic mass is 10.4. The molecule has 6 heteroatoms. The molecule has 0 aliphatic rings. The van der Waals surface area contributed by atoms with Crippen LogP contribution >= 0.6 is 0 Å². The van der Waals surface area contributed by atoms with Gasteiger partial charge in [-0.2, -0.15) is 0 Å². The van der Waals surface area contributed by atoms with Crippen molar-refractivity contribution in [2.24, 2.45) is 4.99 Å². The highest BCUT2D eigenvalue weighted by Gasteiger charge is 2.01. The van der Waals surface area contributed by atoms with Crippen molar-refractivity contribution in [3.63, 3.8) is 0 Å². The number of hydrogen-bond donors (Lipinski definition) is 2. The van der Waals surface area contributed by atoms with Crippen LogP contribution in [-0.4, -0.2) is 52.4 Å². The lowest BCUT2D eigenvalue weighted by Crippen LogP contribution is -2.39. The van der Waals surface area contributed by atoms with Gasteiger partial charge in [-0.1, -0.05) is 13.3 Å². The number of hydrogen-bond acceptors (Lipinski definition) is 4. The number of unbranched alkanes of at least 4 members (excludes halogenated alkanes) is 1. The summed E-state index contributed by atoms with van der Waals surface area (Å²) in [4.78, 5) is 15.0. The smallest absolute Gasteiger partial charge is 0.307 e. The van der Waals surface area contributed by atoms with Crippen LogP contribution in [0.1, 0.15) is 32.6 Å². The van der Waals surface area contributed by atoms with Crippen molar-refractivity contribution in [2.75, 3.05) is 40.5 Å². The monoisotopic (exact) mass is 273 g/mol. The molecular formula is C13H27N3O3. The molecule has 0 saturated heterocycles. The molecule has 112 valence electrons. The number of ether oxygens (including phenoxy) is 2. The van der Waals surface area contributed by atoms with Crippen molar-refractivity contribution in [3.8, 4) is 0 Å². The Morgan fingerprint density at radius 3 is 2.47 bits per heavy atom. The summed E-state index contributed by atoms with van der Waals surface area (Å²) >= 11 is 0. The molecule has 0 aliphatic carbocycles. The van der Waals surface area contributed by atoms with E-state index in [0.717, 1.165) is 39.0 Å². The van der Waals surface area contributed by atoms with Gasteiger partial charge in [0.2, 0.25) is 0 Å². The molecule has 0 radical (unpaired) electrons. The summed E-state index contributed by atoms with van der Waals surface area (Å²) in [6.45, 7) is 5.05. The Bertz CT molecular complexity index is 258. The number of nitrogens with one attached hydrogen (secondary N) is 2. The van der Waals surface area contributed by atoms with Crippen molar-refractivity contribution in [3.05, 3.63) is 0 Å². The van der Waals surface area contributed by atoms with Crippen molar-refractivity contribution in [2.45, 2.75) is 32.6 Å². The molecule has 19 heavy (non-hydrogen) atoms. The van der Waals surface area contributed by atoms with Gasteiger partial charge in [0.25, 0.3) is 0 Å². The van der Waals surface area contributed by atoms with Gasteiger partial charge in [-0.25, -0.2) is 0 Å². The van der Waals surface area contributed by atoms with E-state index < -0.39 is 0 Å². The van der Waals surface area contributed by atoms with Gasteiger partial charge < -0.3 is 20.1 Å². The third kappa shape index (κ3) is 11.5. The van der Waals surface area contributed by atoms with Crippen LogP contribution < -0.4 is 10.6 Å². The number of nitrogens with zero attached hydrogens (tertiary/aromatic N) is 1. The molecule has 0 atom stereocenters. The molecule has 0 fully saturated rings. The molecule has 0 rings (SSSR count). The van der Waals surface area contributed by atoms with E-state index in [1.165, 1.54) is 7.11 Å². The van der Waals surface area contributed by atoms with E-state index in [1.807, 2.05) is 0 Å². The molecule has 0 aromatic carbocycles. The topological polar surface area (TPSA) is 72.0 Å². The molecule has 0 aliphatic heterocycles. The molecule has 0 aromatic heterocycles. The third-order valence-electron chi connectivity index (χ3n) is 2.47. The van der Waals surface area contributed by atoms with Crippen molar-refractivity contribution in [1.82, 2.24) is 10.6 Å². The molecule has 0 spiro atoms. The van der Waals surface area contributed by atoms with Crippen LogP contribution in [0.2, 0.25) is 0 Å². The zero-order valence-corrected chi connectivity index (χ0v) is 12.3. The predicted octanol–water partition coefficient (Wildman–Crippen LogP) is 0.921. The van der Waals surface area contributed by atoms with Gasteiger partial charge in [-0.3, -0.25) is 9.79 Å². The van der Waals surface area contributed by atoms with E-state index in [4.69, 9.17) is 4.74 Å². The number of carbonyl (C=O) groups excluding carboxylic acids is 1. The fourth-order valence-electron chi connectivity index (χ4n) is 1.34. The predicted molar refractivity (Wildman–Crippen MR) is 76.3 cm³/mol. The summed E-state index contributed by atoms with van der Waals surface area (Å²) in [6.07, 6.45) is 3.54. The highest BCUT2D eigenvalue weighted by Crippen LogP contribution is 1.89. The summed E-state index contributed by atoms with van der Waals surface area (Å²) < 4.78 is 10.0. The van der Waals surface area contributed by atoms with E-state index >= 15 is 0 Å². The van der Waals surface area contributed by atoms with E-state index in [2.05, 4.69) is 27.3 Å². The number of esters is 1. The number of aliphatic imine (C=N–C) groups is 1. The summed E-state index contributed by atoms with van der Waals surface area (Å²) in [5.74, 6) is 0.463. The zero-order valence-electron chi connectivity index (χ0n) is 12.3. The van der Waals surface area contributed by atoms with Gasteiger partial charge in [0.05, 0.1) is 13.5 Å². The number of guanidine groups is 1. The third-order valence-corrected chi connectivity index (χ3v) is 2.47. The number of carbonyl (C=O) groups is 1. The maximum Gasteiger partial charge on any atom is 0.307 e. The zero-order chi connectivity index (χ0) is 14.3. The molecule has 0 aromatic rings. The largest absolute Gasteiger partial charge is 0.469 e. The lowest BCUT2D eigenvalue weighted by Gasteiger charge is -2.11. The maximum absolute atomic E-state index is 10.9. The summed E-state index contributed by atoms with van der Waals surface area (Å²) in [6, 6.07) is 0. The second-order valence-electron chi connectivity index (χ2n) is 4.07. The first-order valence-electron chi connectivity index (χ1n) is 6.83. The first-order valence-corrected chi connectivity index (χ1v) is 6.83. The Morgan fingerprint density at radius 1 is 1.16 bits per heavy atom. The second-order valence-corrected chi connectivity index (χ2v) is 4.07. The maximum atomic E-state index is 10.9. The first-order chi connectivity index (χ1) is 9.24. The van der Waals surface area contributed by atoms with Gasteiger partial charge in [0.1, 0.15) is 0 Å². The van der Waals surface area contributed by atoms with Crippen LogP contribution in [0, 0.1) is 0 Å². The quantitative estimate of drug-likeness (QED) is 0.268. The Kier molecular flexibility index (Phi) is 12.2. The van der Waals surface area contributed by atoms with Crippen LogP contribution in [0.15, 0.2) is 4.99 Å². The van der Waals surface area contributed by atoms with Crippen LogP contribution in [0.25, 0.3) is 0 Å². The molecular weight excluding hydrogens is 246 g/mol. The van der Waals surface area contributed by atoms with Gasteiger partial charge in [-0.05, 0) is 12.8 Å². The molecule has 0 amide bonds. The van der Waals surface area contributed by atoms with Gasteiger partial charge >= 0.3 is 5.97 Å². The minimum Gasteiger partial charge on any atom is -0.469 e. The van der Waals surface area contributed by atoms with E-state index in [-0.39, 0.29) is 5.97 Å². The Balaban J connectivity index is 3.47. The van der Waals surface area contributed by atoms with Gasteiger partial charge in [0.15, 0.2) is 5.96 Å². The normalized spacial score (nSPS) is 11.2. The highest BCUT2D eigenvalue weighted by molar-refractivity contribution is 5.80. The van der Waals surface area contributed by atoms with Crippen molar-refractivity contribution >= 4 is 11.9 Å². The second kappa shape index (κ2) is 13.1. The first kappa shape index (κ1) is 17.7. The molecule has 0 saturated carbocycles. The molecule has 0 bridgehead atoms. The number of methoxy groups -OCH3 is 1. The van der Waals surface area contributed by atoms with Crippen LogP contribution in [0.5, 0.6) is 0 Å². The van der Waals surface area contributed by atoms with Crippen LogP contribution in [-0.2, 0) is 14.3 Å². The lowest BCUT2D eigenvalue weighted by molar-refractivity contribution is -0.140. The fraction of sp³-hybridized carbons (Fsp3) is 0.846.